The van der Waals surface area contributed by atoms with E-state index < -0.39 is 17.5 Å². The van der Waals surface area contributed by atoms with E-state index in [1.807, 2.05) is 45.0 Å². The van der Waals surface area contributed by atoms with Gasteiger partial charge in [0.05, 0.1) is 11.4 Å². The molecular weight excluding hydrogens is 406 g/mol. The molecule has 32 heavy (non-hydrogen) atoms. The van der Waals surface area contributed by atoms with Crippen molar-refractivity contribution in [1.82, 2.24) is 0 Å². The Morgan fingerprint density at radius 2 is 1.94 bits per heavy atom. The van der Waals surface area contributed by atoms with E-state index in [0.29, 0.717) is 11.6 Å². The van der Waals surface area contributed by atoms with Gasteiger partial charge in [-0.25, -0.2) is 4.79 Å². The molecular formula is C25H29N3O4. The van der Waals surface area contributed by atoms with Crippen molar-refractivity contribution >= 4 is 29.3 Å². The summed E-state index contributed by atoms with van der Waals surface area (Å²) in [4.78, 5) is 26.9. The average Bonchev–Trinajstić information content (AvgIpc) is 3.22. The number of furan rings is 1. The summed E-state index contributed by atoms with van der Waals surface area (Å²) in [5.41, 5.74) is 1.80. The number of nitrogens with one attached hydrogen (secondary N) is 1. The molecule has 1 saturated heterocycles. The first-order valence-electron chi connectivity index (χ1n) is 10.8. The number of nitrogens with zero attached hydrogens (tertiary/aromatic N) is 2. The van der Waals surface area contributed by atoms with Gasteiger partial charge in [0.1, 0.15) is 11.7 Å². The molecule has 168 valence electrons. The van der Waals surface area contributed by atoms with Crippen molar-refractivity contribution in [2.24, 2.45) is 5.92 Å². The Morgan fingerprint density at radius 1 is 1.22 bits per heavy atom. The predicted molar refractivity (Wildman–Crippen MR) is 123 cm³/mol. The molecule has 0 atom stereocenters. The minimum Gasteiger partial charge on any atom is -0.457 e. The monoisotopic (exact) mass is 435 g/mol. The molecule has 0 aliphatic carbocycles. The van der Waals surface area contributed by atoms with Crippen molar-refractivity contribution in [3.63, 3.8) is 0 Å². The summed E-state index contributed by atoms with van der Waals surface area (Å²) in [5, 5.41) is 11.8. The van der Waals surface area contributed by atoms with Crippen molar-refractivity contribution in [2.45, 2.75) is 46.1 Å². The van der Waals surface area contributed by atoms with Crippen LogP contribution in [0.15, 0.2) is 40.8 Å². The van der Waals surface area contributed by atoms with Gasteiger partial charge in [0.2, 0.25) is 5.76 Å². The third-order valence-corrected chi connectivity index (χ3v) is 5.15. The third kappa shape index (κ3) is 6.24. The van der Waals surface area contributed by atoms with Crippen molar-refractivity contribution < 1.29 is 18.7 Å². The smallest absolute Gasteiger partial charge is 0.331 e. The summed E-state index contributed by atoms with van der Waals surface area (Å²) < 4.78 is 10.6. The van der Waals surface area contributed by atoms with Gasteiger partial charge < -0.3 is 19.4 Å². The van der Waals surface area contributed by atoms with Crippen LogP contribution in [0.3, 0.4) is 0 Å². The van der Waals surface area contributed by atoms with Crippen LogP contribution in [0.25, 0.3) is 6.08 Å². The van der Waals surface area contributed by atoms with Crippen LogP contribution in [0.5, 0.6) is 0 Å². The number of piperidine rings is 1. The molecule has 1 amide bonds. The van der Waals surface area contributed by atoms with Crippen molar-refractivity contribution in [2.75, 3.05) is 23.3 Å². The molecule has 1 aliphatic heterocycles. The number of nitriles is 1. The largest absolute Gasteiger partial charge is 0.457 e. The number of benzene rings is 1. The van der Waals surface area contributed by atoms with Gasteiger partial charge in [-0.15, -0.1) is 0 Å². The maximum absolute atomic E-state index is 12.7. The van der Waals surface area contributed by atoms with Crippen LogP contribution >= 0.6 is 0 Å². The second kappa shape index (κ2) is 9.73. The lowest BCUT2D eigenvalue weighted by Crippen LogP contribution is -2.33. The zero-order valence-corrected chi connectivity index (χ0v) is 19.0. The van der Waals surface area contributed by atoms with E-state index in [1.165, 1.54) is 18.2 Å². The van der Waals surface area contributed by atoms with Crippen LogP contribution in [0.4, 0.5) is 11.4 Å². The highest BCUT2D eigenvalue weighted by Gasteiger charge is 2.21. The average molecular weight is 436 g/mol. The molecule has 7 heteroatoms. The fourth-order valence-electron chi connectivity index (χ4n) is 3.47. The van der Waals surface area contributed by atoms with E-state index in [0.717, 1.165) is 37.2 Å². The number of rotatable bonds is 5. The lowest BCUT2D eigenvalue weighted by atomic mass is 9.98. The Hall–Kier alpha value is -3.53. The van der Waals surface area contributed by atoms with Gasteiger partial charge in [0.15, 0.2) is 5.76 Å². The van der Waals surface area contributed by atoms with Gasteiger partial charge in [0.25, 0.3) is 5.91 Å². The van der Waals surface area contributed by atoms with E-state index in [2.05, 4.69) is 17.1 Å². The standard InChI is InChI=1S/C25H29N3O4/c1-17-11-13-28(14-12-17)21-15-18(6-10-23(29)32-25(2,3)4)5-8-20(21)27-24(30)22-9-7-19(16-26)31-22/h5-10,15,17H,11-14H2,1-4H3,(H,27,30)/b10-6+. The lowest BCUT2D eigenvalue weighted by molar-refractivity contribution is -0.148. The van der Waals surface area contributed by atoms with Gasteiger partial charge in [-0.3, -0.25) is 4.79 Å². The fraction of sp³-hybridized carbons (Fsp3) is 0.400. The van der Waals surface area contributed by atoms with Crippen molar-refractivity contribution in [1.29, 1.82) is 5.26 Å². The van der Waals surface area contributed by atoms with Crippen LogP contribution in [0, 0.1) is 17.2 Å². The molecule has 7 nitrogen and oxygen atoms in total. The molecule has 2 heterocycles. The Labute approximate surface area is 188 Å². The first kappa shape index (κ1) is 23.1. The SMILES string of the molecule is CC1CCN(c2cc(/C=C/C(=O)OC(C)(C)C)ccc2NC(=O)c2ccc(C#N)o2)CC1. The van der Waals surface area contributed by atoms with Crippen LogP contribution in [0.2, 0.25) is 0 Å². The Balaban J connectivity index is 1.84. The number of ether oxygens (including phenoxy) is 1. The van der Waals surface area contributed by atoms with Gasteiger partial charge in [-0.05, 0) is 75.4 Å². The molecule has 0 unspecified atom stereocenters. The van der Waals surface area contributed by atoms with E-state index in [9.17, 15) is 9.59 Å². The normalized spacial score (nSPS) is 14.9. The minimum atomic E-state index is -0.553. The maximum atomic E-state index is 12.7. The Morgan fingerprint density at radius 3 is 2.56 bits per heavy atom. The summed E-state index contributed by atoms with van der Waals surface area (Å²) >= 11 is 0. The number of hydrogen-bond donors (Lipinski definition) is 1. The Kier molecular flexibility index (Phi) is 7.04. The molecule has 1 aliphatic rings. The van der Waals surface area contributed by atoms with Gasteiger partial charge in [0, 0.05) is 19.2 Å². The van der Waals surface area contributed by atoms with Gasteiger partial charge >= 0.3 is 5.97 Å². The quantitative estimate of drug-likeness (QED) is 0.525. The van der Waals surface area contributed by atoms with Gasteiger partial charge in [-0.1, -0.05) is 13.0 Å². The van der Waals surface area contributed by atoms with Gasteiger partial charge in [-0.2, -0.15) is 5.26 Å². The molecule has 0 radical (unpaired) electrons. The summed E-state index contributed by atoms with van der Waals surface area (Å²) in [5.74, 6) is -0.00624. The number of anilines is 2. The molecule has 1 aromatic heterocycles. The lowest BCUT2D eigenvalue weighted by Gasteiger charge is -2.33. The number of carbonyl (C=O) groups excluding carboxylic acids is 2. The van der Waals surface area contributed by atoms with Crippen LogP contribution in [-0.2, 0) is 9.53 Å². The summed E-state index contributed by atoms with van der Waals surface area (Å²) in [6.07, 6.45) is 5.25. The number of amides is 1. The van der Waals surface area contributed by atoms with Crippen molar-refractivity contribution in [3.8, 4) is 6.07 Å². The van der Waals surface area contributed by atoms with E-state index in [4.69, 9.17) is 14.4 Å². The molecule has 3 rings (SSSR count). The highest BCUT2D eigenvalue weighted by Crippen LogP contribution is 2.32. The second-order valence-electron chi connectivity index (χ2n) is 9.04. The van der Waals surface area contributed by atoms with Crippen LogP contribution in [0.1, 0.15) is 62.4 Å². The van der Waals surface area contributed by atoms with Crippen LogP contribution in [-0.4, -0.2) is 30.6 Å². The second-order valence-corrected chi connectivity index (χ2v) is 9.04. The maximum Gasteiger partial charge on any atom is 0.331 e. The molecule has 0 saturated carbocycles. The van der Waals surface area contributed by atoms with Crippen LogP contribution < -0.4 is 10.2 Å². The first-order valence-corrected chi connectivity index (χ1v) is 10.8. The molecule has 2 aromatic rings. The molecule has 1 aromatic carbocycles. The number of carbonyl (C=O) groups is 2. The fourth-order valence-corrected chi connectivity index (χ4v) is 3.47. The molecule has 0 bridgehead atoms. The predicted octanol–water partition coefficient (Wildman–Crippen LogP) is 4.99. The summed E-state index contributed by atoms with van der Waals surface area (Å²) in [6, 6.07) is 10.4. The minimum absolute atomic E-state index is 0.0775. The summed E-state index contributed by atoms with van der Waals surface area (Å²) in [6.45, 7) is 9.47. The van der Waals surface area contributed by atoms with Crippen molar-refractivity contribution in [3.05, 3.63) is 53.5 Å². The summed E-state index contributed by atoms with van der Waals surface area (Å²) in [7, 11) is 0. The highest BCUT2D eigenvalue weighted by atomic mass is 16.6. The topological polar surface area (TPSA) is 95.6 Å². The first-order chi connectivity index (χ1) is 15.1. The van der Waals surface area contributed by atoms with E-state index >= 15 is 0 Å². The van der Waals surface area contributed by atoms with E-state index in [1.54, 1.807) is 6.08 Å². The third-order valence-electron chi connectivity index (χ3n) is 5.15. The van der Waals surface area contributed by atoms with E-state index in [-0.39, 0.29) is 11.5 Å². The zero-order chi connectivity index (χ0) is 23.3. The Bertz CT molecular complexity index is 1050. The molecule has 1 N–H and O–H groups in total. The number of hydrogen-bond acceptors (Lipinski definition) is 6. The zero-order valence-electron chi connectivity index (χ0n) is 19.0. The molecule has 1 fully saturated rings. The molecule has 0 spiro atoms. The number of esters is 1. The highest BCUT2D eigenvalue weighted by molar-refractivity contribution is 6.04.